The molecule has 0 radical (unpaired) electrons. The zero-order chi connectivity index (χ0) is 15.8. The molecule has 2 N–H and O–H groups in total. The van der Waals surface area contributed by atoms with Crippen LogP contribution in [0.1, 0.15) is 36.0 Å². The van der Waals surface area contributed by atoms with E-state index >= 15 is 0 Å². The van der Waals surface area contributed by atoms with Crippen molar-refractivity contribution in [2.24, 2.45) is 4.99 Å². The molecule has 4 heteroatoms. The molecule has 0 aromatic heterocycles. The van der Waals surface area contributed by atoms with E-state index in [-0.39, 0.29) is 0 Å². The van der Waals surface area contributed by atoms with Crippen molar-refractivity contribution in [3.05, 3.63) is 34.9 Å². The standard InChI is InChI=1S/C18H30N4/c1-15-7-8-17(16(2)13-15)14-21-18(19-3)20-9-6-12-22-10-4-5-11-22/h7-8,13H,4-6,9-12,14H2,1-3H3,(H2,19,20,21). The van der Waals surface area contributed by atoms with Gasteiger partial charge in [0.2, 0.25) is 0 Å². The summed E-state index contributed by atoms with van der Waals surface area (Å²) in [4.78, 5) is 6.85. The van der Waals surface area contributed by atoms with Gasteiger partial charge in [0.15, 0.2) is 5.96 Å². The number of nitrogens with zero attached hydrogens (tertiary/aromatic N) is 2. The van der Waals surface area contributed by atoms with Crippen LogP contribution in [-0.2, 0) is 6.54 Å². The van der Waals surface area contributed by atoms with E-state index in [9.17, 15) is 0 Å². The molecule has 4 nitrogen and oxygen atoms in total. The van der Waals surface area contributed by atoms with Gasteiger partial charge in [0.05, 0.1) is 0 Å². The summed E-state index contributed by atoms with van der Waals surface area (Å²) < 4.78 is 0. The third kappa shape index (κ3) is 5.34. The van der Waals surface area contributed by atoms with Crippen molar-refractivity contribution in [2.45, 2.75) is 39.7 Å². The Morgan fingerprint density at radius 3 is 2.64 bits per heavy atom. The molecule has 2 rings (SSSR count). The molecular formula is C18H30N4. The second kappa shape index (κ2) is 8.79. The number of hydrogen-bond donors (Lipinski definition) is 2. The van der Waals surface area contributed by atoms with Crippen LogP contribution < -0.4 is 10.6 Å². The molecule has 1 aromatic rings. The molecule has 1 aliphatic heterocycles. The predicted octanol–water partition coefficient (Wildman–Crippen LogP) is 2.45. The van der Waals surface area contributed by atoms with Crippen LogP contribution in [0.3, 0.4) is 0 Å². The van der Waals surface area contributed by atoms with Gasteiger partial charge in [0, 0.05) is 20.1 Å². The summed E-state index contributed by atoms with van der Waals surface area (Å²) in [6, 6.07) is 6.58. The van der Waals surface area contributed by atoms with Crippen molar-refractivity contribution in [1.82, 2.24) is 15.5 Å². The molecule has 0 aliphatic carbocycles. The van der Waals surface area contributed by atoms with Gasteiger partial charge < -0.3 is 15.5 Å². The molecule has 0 atom stereocenters. The third-order valence-corrected chi connectivity index (χ3v) is 4.31. The molecule has 1 saturated heterocycles. The minimum Gasteiger partial charge on any atom is -0.356 e. The van der Waals surface area contributed by atoms with Gasteiger partial charge in [-0.1, -0.05) is 23.8 Å². The van der Waals surface area contributed by atoms with Gasteiger partial charge in [-0.15, -0.1) is 0 Å². The zero-order valence-electron chi connectivity index (χ0n) is 14.3. The molecule has 1 aliphatic rings. The van der Waals surface area contributed by atoms with Crippen LogP contribution in [0.4, 0.5) is 0 Å². The van der Waals surface area contributed by atoms with Crippen molar-refractivity contribution in [3.8, 4) is 0 Å². The molecule has 0 spiro atoms. The lowest BCUT2D eigenvalue weighted by Gasteiger charge is -2.16. The Balaban J connectivity index is 1.68. The molecule has 1 aromatic carbocycles. The van der Waals surface area contributed by atoms with E-state index in [1.807, 2.05) is 7.05 Å². The van der Waals surface area contributed by atoms with Gasteiger partial charge >= 0.3 is 0 Å². The minimum atomic E-state index is 0.817. The fourth-order valence-corrected chi connectivity index (χ4v) is 2.96. The maximum atomic E-state index is 4.30. The van der Waals surface area contributed by atoms with Crippen molar-refractivity contribution < 1.29 is 0 Å². The molecule has 1 heterocycles. The van der Waals surface area contributed by atoms with Crippen LogP contribution >= 0.6 is 0 Å². The predicted molar refractivity (Wildman–Crippen MR) is 94.4 cm³/mol. The van der Waals surface area contributed by atoms with E-state index < -0.39 is 0 Å². The summed E-state index contributed by atoms with van der Waals surface area (Å²) in [6.45, 7) is 9.84. The SMILES string of the molecule is CN=C(NCCCN1CCCC1)NCc1ccc(C)cc1C. The first-order valence-electron chi connectivity index (χ1n) is 8.42. The van der Waals surface area contributed by atoms with Gasteiger partial charge in [-0.2, -0.15) is 0 Å². The maximum absolute atomic E-state index is 4.30. The lowest BCUT2D eigenvalue weighted by Crippen LogP contribution is -2.38. The molecular weight excluding hydrogens is 272 g/mol. The van der Waals surface area contributed by atoms with Gasteiger partial charge in [-0.05, 0) is 63.9 Å². The summed E-state index contributed by atoms with van der Waals surface area (Å²) in [5.74, 6) is 0.890. The van der Waals surface area contributed by atoms with Gasteiger partial charge in [0.25, 0.3) is 0 Å². The molecule has 0 amide bonds. The van der Waals surface area contributed by atoms with Gasteiger partial charge in [0.1, 0.15) is 0 Å². The summed E-state index contributed by atoms with van der Waals surface area (Å²) in [6.07, 6.45) is 3.91. The molecule has 0 saturated carbocycles. The Kier molecular flexibility index (Phi) is 6.72. The lowest BCUT2D eigenvalue weighted by atomic mass is 10.1. The first-order valence-corrected chi connectivity index (χ1v) is 8.42. The normalized spacial score (nSPS) is 16.0. The summed E-state index contributed by atoms with van der Waals surface area (Å²) in [7, 11) is 1.83. The van der Waals surface area contributed by atoms with E-state index in [0.29, 0.717) is 0 Å². The van der Waals surface area contributed by atoms with Crippen LogP contribution in [0.15, 0.2) is 23.2 Å². The number of aliphatic imine (C=N–C) groups is 1. The Morgan fingerprint density at radius 2 is 1.95 bits per heavy atom. The number of guanidine groups is 1. The number of benzene rings is 1. The van der Waals surface area contributed by atoms with Gasteiger partial charge in [-0.3, -0.25) is 4.99 Å². The highest BCUT2D eigenvalue weighted by molar-refractivity contribution is 5.79. The van der Waals surface area contributed by atoms with Crippen LogP contribution in [0, 0.1) is 13.8 Å². The smallest absolute Gasteiger partial charge is 0.191 e. The summed E-state index contributed by atoms with van der Waals surface area (Å²) in [5, 5.41) is 6.81. The van der Waals surface area contributed by atoms with Crippen LogP contribution in [0.25, 0.3) is 0 Å². The second-order valence-electron chi connectivity index (χ2n) is 6.18. The quantitative estimate of drug-likeness (QED) is 0.482. The molecule has 22 heavy (non-hydrogen) atoms. The lowest BCUT2D eigenvalue weighted by molar-refractivity contribution is 0.334. The largest absolute Gasteiger partial charge is 0.356 e. The Hall–Kier alpha value is -1.55. The topological polar surface area (TPSA) is 39.7 Å². The van der Waals surface area contributed by atoms with E-state index in [2.05, 4.69) is 52.6 Å². The van der Waals surface area contributed by atoms with E-state index in [1.54, 1.807) is 0 Å². The molecule has 1 fully saturated rings. The molecule has 0 unspecified atom stereocenters. The van der Waals surface area contributed by atoms with E-state index in [0.717, 1.165) is 19.0 Å². The summed E-state index contributed by atoms with van der Waals surface area (Å²) >= 11 is 0. The average molecular weight is 302 g/mol. The Morgan fingerprint density at radius 1 is 1.18 bits per heavy atom. The second-order valence-corrected chi connectivity index (χ2v) is 6.18. The highest BCUT2D eigenvalue weighted by Crippen LogP contribution is 2.10. The fraction of sp³-hybridized carbons (Fsp3) is 0.611. The monoisotopic (exact) mass is 302 g/mol. The Bertz CT molecular complexity index is 490. The Labute approximate surface area is 135 Å². The average Bonchev–Trinajstić information content (AvgIpc) is 3.01. The fourth-order valence-electron chi connectivity index (χ4n) is 2.96. The highest BCUT2D eigenvalue weighted by atomic mass is 15.2. The number of hydrogen-bond acceptors (Lipinski definition) is 2. The van der Waals surface area contributed by atoms with Crippen LogP contribution in [0.5, 0.6) is 0 Å². The van der Waals surface area contributed by atoms with E-state index in [1.165, 1.54) is 55.6 Å². The van der Waals surface area contributed by atoms with Crippen molar-refractivity contribution in [2.75, 3.05) is 33.2 Å². The number of nitrogens with one attached hydrogen (secondary N) is 2. The highest BCUT2D eigenvalue weighted by Gasteiger charge is 2.10. The number of rotatable bonds is 6. The van der Waals surface area contributed by atoms with Crippen LogP contribution in [-0.4, -0.2) is 44.1 Å². The molecule has 122 valence electrons. The molecule has 0 bridgehead atoms. The van der Waals surface area contributed by atoms with Crippen molar-refractivity contribution in [1.29, 1.82) is 0 Å². The number of likely N-dealkylation sites (tertiary alicyclic amines) is 1. The van der Waals surface area contributed by atoms with Gasteiger partial charge in [-0.25, -0.2) is 0 Å². The van der Waals surface area contributed by atoms with E-state index in [4.69, 9.17) is 0 Å². The zero-order valence-corrected chi connectivity index (χ0v) is 14.3. The van der Waals surface area contributed by atoms with Crippen LogP contribution in [0.2, 0.25) is 0 Å². The van der Waals surface area contributed by atoms with Crippen molar-refractivity contribution >= 4 is 5.96 Å². The first kappa shape index (κ1) is 16.8. The maximum Gasteiger partial charge on any atom is 0.191 e. The third-order valence-electron chi connectivity index (χ3n) is 4.31. The first-order chi connectivity index (χ1) is 10.7. The summed E-state index contributed by atoms with van der Waals surface area (Å²) in [5.41, 5.74) is 3.97. The minimum absolute atomic E-state index is 0.817. The number of aryl methyl sites for hydroxylation is 2. The van der Waals surface area contributed by atoms with Crippen molar-refractivity contribution in [3.63, 3.8) is 0 Å².